The number of hydrogen-bond donors (Lipinski definition) is 2. The van der Waals surface area contributed by atoms with E-state index in [0.29, 0.717) is 32.9 Å². The number of amides is 1. The van der Waals surface area contributed by atoms with Crippen molar-refractivity contribution < 1.29 is 13.6 Å². The number of nitrogens with zero attached hydrogens (tertiary/aromatic N) is 1. The normalized spacial score (nSPS) is 10.9. The Balaban J connectivity index is 1.59. The lowest BCUT2D eigenvalue weighted by atomic mass is 10.1. The van der Waals surface area contributed by atoms with Gasteiger partial charge in [0.2, 0.25) is 0 Å². The summed E-state index contributed by atoms with van der Waals surface area (Å²) in [7, 11) is 0. The molecule has 0 aliphatic heterocycles. The van der Waals surface area contributed by atoms with E-state index in [1.54, 1.807) is 42.6 Å². The fourth-order valence-electron chi connectivity index (χ4n) is 2.79. The summed E-state index contributed by atoms with van der Waals surface area (Å²) in [5, 5.41) is 3.60. The van der Waals surface area contributed by atoms with Crippen molar-refractivity contribution in [3.8, 4) is 11.3 Å². The number of carbonyl (C=O) groups excluding carboxylic acids is 1. The molecule has 0 fully saturated rings. The van der Waals surface area contributed by atoms with Gasteiger partial charge in [0.15, 0.2) is 11.6 Å². The van der Waals surface area contributed by atoms with E-state index in [-0.39, 0.29) is 5.91 Å². The van der Waals surface area contributed by atoms with Crippen molar-refractivity contribution in [2.45, 2.75) is 0 Å². The summed E-state index contributed by atoms with van der Waals surface area (Å²) in [5.41, 5.74) is 2.57. The Hall–Kier alpha value is -3.25. The van der Waals surface area contributed by atoms with Crippen molar-refractivity contribution in [1.82, 2.24) is 9.97 Å². The van der Waals surface area contributed by atoms with Gasteiger partial charge in [-0.1, -0.05) is 23.7 Å². The molecular weight excluding hydrogens is 372 g/mol. The Morgan fingerprint density at radius 3 is 2.56 bits per heavy atom. The Morgan fingerprint density at radius 1 is 1.07 bits per heavy atom. The Morgan fingerprint density at radius 2 is 1.81 bits per heavy atom. The molecule has 0 aliphatic carbocycles. The van der Waals surface area contributed by atoms with Crippen LogP contribution in [0.1, 0.15) is 10.4 Å². The van der Waals surface area contributed by atoms with E-state index in [0.717, 1.165) is 17.7 Å². The monoisotopic (exact) mass is 383 g/mol. The molecule has 134 valence electrons. The molecule has 27 heavy (non-hydrogen) atoms. The first-order chi connectivity index (χ1) is 13.0. The van der Waals surface area contributed by atoms with Crippen LogP contribution < -0.4 is 5.32 Å². The molecule has 0 aliphatic rings. The zero-order valence-corrected chi connectivity index (χ0v) is 14.5. The van der Waals surface area contributed by atoms with E-state index in [9.17, 15) is 13.6 Å². The molecule has 1 amide bonds. The highest BCUT2D eigenvalue weighted by molar-refractivity contribution is 6.33. The summed E-state index contributed by atoms with van der Waals surface area (Å²) >= 11 is 6.13. The highest BCUT2D eigenvalue weighted by atomic mass is 35.5. The minimum atomic E-state index is -0.978. The van der Waals surface area contributed by atoms with Gasteiger partial charge in [0, 0.05) is 35.0 Å². The molecule has 7 heteroatoms. The zero-order valence-electron chi connectivity index (χ0n) is 13.8. The molecule has 0 saturated heterocycles. The molecule has 2 N–H and O–H groups in total. The third-order valence-corrected chi connectivity index (χ3v) is 4.45. The quantitative estimate of drug-likeness (QED) is 0.496. The number of carbonyl (C=O) groups is 1. The van der Waals surface area contributed by atoms with Crippen LogP contribution in [0.3, 0.4) is 0 Å². The molecule has 2 aromatic carbocycles. The maximum Gasteiger partial charge on any atom is 0.255 e. The van der Waals surface area contributed by atoms with Gasteiger partial charge in [-0.15, -0.1) is 0 Å². The van der Waals surface area contributed by atoms with Crippen LogP contribution in [-0.2, 0) is 0 Å². The highest BCUT2D eigenvalue weighted by Crippen LogP contribution is 2.27. The van der Waals surface area contributed by atoms with Gasteiger partial charge in [0.05, 0.1) is 21.9 Å². The lowest BCUT2D eigenvalue weighted by Gasteiger charge is -2.06. The third-order valence-electron chi connectivity index (χ3n) is 4.15. The van der Waals surface area contributed by atoms with Gasteiger partial charge >= 0.3 is 0 Å². The standard InChI is InChI=1S/C20H12ClF2N3O/c21-14-2-1-7-24-19(14)11-3-5-12(6-4-11)20(27)26-18-10-25-17-9-16(23)15(22)8-13(17)18/h1-10,25H,(H,26,27). The highest BCUT2D eigenvalue weighted by Gasteiger charge is 2.13. The van der Waals surface area contributed by atoms with Gasteiger partial charge in [0.25, 0.3) is 5.91 Å². The second kappa shape index (κ2) is 6.81. The molecule has 4 nitrogen and oxygen atoms in total. The van der Waals surface area contributed by atoms with Crippen LogP contribution >= 0.6 is 11.6 Å². The van der Waals surface area contributed by atoms with Gasteiger partial charge in [-0.25, -0.2) is 8.78 Å². The molecule has 4 rings (SSSR count). The Kier molecular flexibility index (Phi) is 4.33. The number of nitrogens with one attached hydrogen (secondary N) is 2. The van der Waals surface area contributed by atoms with E-state index < -0.39 is 11.6 Å². The summed E-state index contributed by atoms with van der Waals surface area (Å²) in [6.45, 7) is 0. The van der Waals surface area contributed by atoms with Gasteiger partial charge in [-0.2, -0.15) is 0 Å². The van der Waals surface area contributed by atoms with Crippen molar-refractivity contribution in [2.75, 3.05) is 5.32 Å². The molecule has 0 saturated carbocycles. The van der Waals surface area contributed by atoms with Crippen molar-refractivity contribution in [1.29, 1.82) is 0 Å². The van der Waals surface area contributed by atoms with Crippen molar-refractivity contribution in [3.05, 3.63) is 83.1 Å². The van der Waals surface area contributed by atoms with Crippen LogP contribution in [0.4, 0.5) is 14.5 Å². The number of hydrogen-bond acceptors (Lipinski definition) is 2. The molecule has 0 atom stereocenters. The van der Waals surface area contributed by atoms with Gasteiger partial charge < -0.3 is 10.3 Å². The molecule has 0 unspecified atom stereocenters. The second-order valence-electron chi connectivity index (χ2n) is 5.88. The molecule has 0 bridgehead atoms. The number of benzene rings is 2. The van der Waals surface area contributed by atoms with Gasteiger partial charge in [0.1, 0.15) is 0 Å². The predicted molar refractivity (Wildman–Crippen MR) is 101 cm³/mol. The first kappa shape index (κ1) is 17.2. The first-order valence-corrected chi connectivity index (χ1v) is 8.39. The van der Waals surface area contributed by atoms with Crippen molar-refractivity contribution in [2.24, 2.45) is 0 Å². The zero-order chi connectivity index (χ0) is 19.0. The van der Waals surface area contributed by atoms with E-state index in [4.69, 9.17) is 11.6 Å². The molecular formula is C20H12ClF2N3O. The summed E-state index contributed by atoms with van der Waals surface area (Å²) in [6, 6.07) is 12.3. The maximum atomic E-state index is 13.5. The fraction of sp³-hybridized carbons (Fsp3) is 0. The predicted octanol–water partition coefficient (Wildman–Crippen LogP) is 5.41. The van der Waals surface area contributed by atoms with Crippen LogP contribution in [0.25, 0.3) is 22.2 Å². The van der Waals surface area contributed by atoms with E-state index in [2.05, 4.69) is 15.3 Å². The Bertz CT molecular complexity index is 1160. The largest absolute Gasteiger partial charge is 0.359 e. The van der Waals surface area contributed by atoms with E-state index in [1.165, 1.54) is 6.20 Å². The summed E-state index contributed by atoms with van der Waals surface area (Å²) < 4.78 is 26.8. The minimum Gasteiger partial charge on any atom is -0.359 e. The number of halogens is 3. The van der Waals surface area contributed by atoms with Crippen LogP contribution in [0.2, 0.25) is 5.02 Å². The number of pyridine rings is 1. The minimum absolute atomic E-state index is 0.366. The number of H-pyrrole nitrogens is 1. The number of aromatic amines is 1. The molecule has 2 aromatic heterocycles. The lowest BCUT2D eigenvalue weighted by molar-refractivity contribution is 0.102. The molecule has 4 aromatic rings. The number of rotatable bonds is 3. The number of fused-ring (bicyclic) bond motifs is 1. The van der Waals surface area contributed by atoms with Crippen LogP contribution in [-0.4, -0.2) is 15.9 Å². The number of aromatic nitrogens is 2. The second-order valence-corrected chi connectivity index (χ2v) is 6.29. The topological polar surface area (TPSA) is 57.8 Å². The molecule has 0 radical (unpaired) electrons. The molecule has 2 heterocycles. The average Bonchev–Trinajstić information content (AvgIpc) is 3.04. The van der Waals surface area contributed by atoms with E-state index in [1.807, 2.05) is 0 Å². The summed E-state index contributed by atoms with van der Waals surface area (Å²) in [5.74, 6) is -2.31. The smallest absolute Gasteiger partial charge is 0.255 e. The van der Waals surface area contributed by atoms with Crippen molar-refractivity contribution in [3.63, 3.8) is 0 Å². The SMILES string of the molecule is O=C(Nc1c[nH]c2cc(F)c(F)cc12)c1ccc(-c2ncccc2Cl)cc1. The lowest BCUT2D eigenvalue weighted by Crippen LogP contribution is -2.11. The average molecular weight is 384 g/mol. The summed E-state index contributed by atoms with van der Waals surface area (Å²) in [4.78, 5) is 19.5. The van der Waals surface area contributed by atoms with Gasteiger partial charge in [-0.05, 0) is 30.3 Å². The maximum absolute atomic E-state index is 13.5. The first-order valence-electron chi connectivity index (χ1n) is 8.01. The van der Waals surface area contributed by atoms with Crippen LogP contribution in [0.15, 0.2) is 60.9 Å². The third kappa shape index (κ3) is 3.27. The summed E-state index contributed by atoms with van der Waals surface area (Å²) in [6.07, 6.45) is 3.13. The van der Waals surface area contributed by atoms with Crippen LogP contribution in [0, 0.1) is 11.6 Å². The van der Waals surface area contributed by atoms with Crippen LogP contribution in [0.5, 0.6) is 0 Å². The number of anilines is 1. The van der Waals surface area contributed by atoms with Crippen molar-refractivity contribution >= 4 is 34.1 Å². The Labute approximate surface area is 157 Å². The van der Waals surface area contributed by atoms with Gasteiger partial charge in [-0.3, -0.25) is 9.78 Å². The fourth-order valence-corrected chi connectivity index (χ4v) is 3.02. The molecule has 0 spiro atoms. The van der Waals surface area contributed by atoms with E-state index >= 15 is 0 Å².